The fourth-order valence-corrected chi connectivity index (χ4v) is 1.09. The van der Waals surface area contributed by atoms with Gasteiger partial charge >= 0.3 is 0 Å². The van der Waals surface area contributed by atoms with Crippen molar-refractivity contribution in [3.8, 4) is 0 Å². The summed E-state index contributed by atoms with van der Waals surface area (Å²) >= 11 is 0. The third kappa shape index (κ3) is 8.31. The van der Waals surface area contributed by atoms with Crippen molar-refractivity contribution in [2.24, 2.45) is 0 Å². The molecule has 0 rings (SSSR count). The van der Waals surface area contributed by atoms with Crippen molar-refractivity contribution in [3.63, 3.8) is 0 Å². The maximum Gasteiger partial charge on any atom is 0.164 e. The van der Waals surface area contributed by atoms with Gasteiger partial charge in [0, 0.05) is 6.16 Å². The molecule has 0 aliphatic heterocycles. The van der Waals surface area contributed by atoms with Crippen LogP contribution in [-0.4, -0.2) is 29.0 Å². The molecule has 0 heterocycles. The fraction of sp³-hybridized carbons (Fsp3) is 1.00. The Morgan fingerprint density at radius 3 is 2.50 bits per heavy atom. The number of rotatable bonds is 6. The van der Waals surface area contributed by atoms with Crippen LogP contribution in [0.2, 0.25) is 0 Å². The minimum Gasteiger partial charge on any atom is -0.350 e. The smallest absolute Gasteiger partial charge is 0.164 e. The van der Waals surface area contributed by atoms with E-state index in [9.17, 15) is 0 Å². The van der Waals surface area contributed by atoms with Crippen LogP contribution in [0.3, 0.4) is 0 Å². The largest absolute Gasteiger partial charge is 0.350 e. The first-order chi connectivity index (χ1) is 4.77. The van der Waals surface area contributed by atoms with Gasteiger partial charge in [-0.1, -0.05) is 6.92 Å². The predicted octanol–water partition coefficient (Wildman–Crippen LogP) is 0.673. The van der Waals surface area contributed by atoms with E-state index in [2.05, 4.69) is 12.2 Å². The topological polar surface area (TPSA) is 52.5 Å². The summed E-state index contributed by atoms with van der Waals surface area (Å²) in [4.78, 5) is 17.0. The zero-order valence-electron chi connectivity index (χ0n) is 6.38. The Morgan fingerprint density at radius 2 is 2.00 bits per heavy atom. The summed E-state index contributed by atoms with van der Waals surface area (Å²) in [6.45, 7) is 4.03. The molecular formula is C6H16NO2P. The summed E-state index contributed by atoms with van der Waals surface area (Å²) in [6.07, 6.45) is 2.53. The van der Waals surface area contributed by atoms with Crippen LogP contribution in [0.15, 0.2) is 0 Å². The van der Waals surface area contributed by atoms with E-state index in [1.165, 1.54) is 0 Å². The molecule has 0 aliphatic rings. The van der Waals surface area contributed by atoms with Gasteiger partial charge in [-0.3, -0.25) is 0 Å². The minimum atomic E-state index is -1.66. The molecule has 0 bridgehead atoms. The van der Waals surface area contributed by atoms with Gasteiger partial charge in [0.1, 0.15) is 0 Å². The molecule has 0 amide bonds. The van der Waals surface area contributed by atoms with Crippen molar-refractivity contribution in [1.29, 1.82) is 0 Å². The first kappa shape index (κ1) is 10.3. The zero-order chi connectivity index (χ0) is 7.82. The summed E-state index contributed by atoms with van der Waals surface area (Å²) < 4.78 is 0. The van der Waals surface area contributed by atoms with Crippen LogP contribution < -0.4 is 5.32 Å². The molecule has 10 heavy (non-hydrogen) atoms. The molecule has 0 radical (unpaired) electrons. The Labute approximate surface area is 63.4 Å². The normalized spacial score (nSPS) is 10.8. The molecule has 0 fully saturated rings. The van der Waals surface area contributed by atoms with Crippen molar-refractivity contribution < 1.29 is 9.79 Å². The van der Waals surface area contributed by atoms with Crippen molar-refractivity contribution in [3.05, 3.63) is 0 Å². The lowest BCUT2D eigenvalue weighted by molar-refractivity contribution is 0.479. The van der Waals surface area contributed by atoms with Gasteiger partial charge in [0.15, 0.2) is 8.38 Å². The second-order valence-corrected chi connectivity index (χ2v) is 3.39. The van der Waals surface area contributed by atoms with Crippen molar-refractivity contribution in [2.45, 2.75) is 19.8 Å². The van der Waals surface area contributed by atoms with Gasteiger partial charge in [0.2, 0.25) is 0 Å². The lowest BCUT2D eigenvalue weighted by Crippen LogP contribution is -2.16. The third-order valence-electron chi connectivity index (χ3n) is 1.14. The van der Waals surface area contributed by atoms with Crippen LogP contribution >= 0.6 is 8.38 Å². The van der Waals surface area contributed by atoms with Gasteiger partial charge in [-0.25, -0.2) is 0 Å². The van der Waals surface area contributed by atoms with Gasteiger partial charge in [0.05, 0.1) is 0 Å². The van der Waals surface area contributed by atoms with E-state index >= 15 is 0 Å². The van der Waals surface area contributed by atoms with Crippen LogP contribution in [0.1, 0.15) is 19.8 Å². The van der Waals surface area contributed by atoms with Crippen LogP contribution in [0.25, 0.3) is 0 Å². The second kappa shape index (κ2) is 7.42. The first-order valence-corrected chi connectivity index (χ1v) is 5.06. The highest BCUT2D eigenvalue weighted by atomic mass is 31.2. The number of hydrogen-bond donors (Lipinski definition) is 3. The molecule has 0 aliphatic carbocycles. The summed E-state index contributed by atoms with van der Waals surface area (Å²) in [5.41, 5.74) is 0. The van der Waals surface area contributed by atoms with Gasteiger partial charge in [-0.05, 0) is 25.9 Å². The zero-order valence-corrected chi connectivity index (χ0v) is 7.27. The number of hydrogen-bond acceptors (Lipinski definition) is 3. The standard InChI is InChI=1S/C6H16NO2P/c1-2-4-7-5-3-6-10(8)9/h7-9H,2-6H2,1H3. The molecule has 0 aromatic rings. The highest BCUT2D eigenvalue weighted by Crippen LogP contribution is 2.22. The van der Waals surface area contributed by atoms with Crippen LogP contribution in [0, 0.1) is 0 Å². The van der Waals surface area contributed by atoms with E-state index in [0.29, 0.717) is 6.16 Å². The minimum absolute atomic E-state index is 0.534. The van der Waals surface area contributed by atoms with E-state index in [4.69, 9.17) is 9.79 Å². The molecule has 0 aromatic carbocycles. The summed E-state index contributed by atoms with van der Waals surface area (Å²) in [6, 6.07) is 0. The molecule has 0 aromatic heterocycles. The van der Waals surface area contributed by atoms with Gasteiger partial charge in [-0.15, -0.1) is 0 Å². The average molecular weight is 165 g/mol. The Balaban J connectivity index is 2.77. The van der Waals surface area contributed by atoms with Gasteiger partial charge < -0.3 is 15.1 Å². The molecule has 0 spiro atoms. The third-order valence-corrected chi connectivity index (χ3v) is 1.85. The Kier molecular flexibility index (Phi) is 7.65. The fourth-order valence-electron chi connectivity index (χ4n) is 0.647. The lowest BCUT2D eigenvalue weighted by atomic mass is 10.4. The van der Waals surface area contributed by atoms with Gasteiger partial charge in [0.25, 0.3) is 0 Å². The first-order valence-electron chi connectivity index (χ1n) is 3.63. The second-order valence-electron chi connectivity index (χ2n) is 2.20. The Hall–Kier alpha value is 0.310. The maximum absolute atomic E-state index is 8.50. The molecule has 0 atom stereocenters. The molecule has 4 heteroatoms. The summed E-state index contributed by atoms with van der Waals surface area (Å²) in [7, 11) is -1.66. The van der Waals surface area contributed by atoms with Crippen LogP contribution in [0.4, 0.5) is 0 Å². The van der Waals surface area contributed by atoms with E-state index < -0.39 is 8.38 Å². The Morgan fingerprint density at radius 1 is 1.30 bits per heavy atom. The monoisotopic (exact) mass is 165 g/mol. The van der Waals surface area contributed by atoms with Crippen molar-refractivity contribution in [2.75, 3.05) is 19.3 Å². The van der Waals surface area contributed by atoms with E-state index in [0.717, 1.165) is 25.9 Å². The molecule has 0 unspecified atom stereocenters. The quantitative estimate of drug-likeness (QED) is 0.400. The summed E-state index contributed by atoms with van der Waals surface area (Å²) in [5, 5.41) is 3.18. The highest BCUT2D eigenvalue weighted by molar-refractivity contribution is 7.45. The summed E-state index contributed by atoms with van der Waals surface area (Å²) in [5.74, 6) is 0. The predicted molar refractivity (Wildman–Crippen MR) is 44.0 cm³/mol. The SMILES string of the molecule is CCCNCCCP(O)O. The van der Waals surface area contributed by atoms with Crippen LogP contribution in [0.5, 0.6) is 0 Å². The lowest BCUT2D eigenvalue weighted by Gasteiger charge is -2.02. The molecule has 3 N–H and O–H groups in total. The van der Waals surface area contributed by atoms with Gasteiger partial charge in [-0.2, -0.15) is 0 Å². The van der Waals surface area contributed by atoms with E-state index in [-0.39, 0.29) is 0 Å². The van der Waals surface area contributed by atoms with Crippen molar-refractivity contribution in [1.82, 2.24) is 5.32 Å². The highest BCUT2D eigenvalue weighted by Gasteiger charge is 1.95. The molecule has 0 saturated heterocycles. The van der Waals surface area contributed by atoms with E-state index in [1.54, 1.807) is 0 Å². The maximum atomic E-state index is 8.50. The molecule has 62 valence electrons. The van der Waals surface area contributed by atoms with E-state index in [1.807, 2.05) is 0 Å². The molecule has 0 saturated carbocycles. The van der Waals surface area contributed by atoms with Crippen molar-refractivity contribution >= 4 is 8.38 Å². The molecular weight excluding hydrogens is 149 g/mol. The number of nitrogens with one attached hydrogen (secondary N) is 1. The Bertz CT molecular complexity index is 70.8. The average Bonchev–Trinajstić information content (AvgIpc) is 1.87. The molecule has 3 nitrogen and oxygen atoms in total. The van der Waals surface area contributed by atoms with Crippen LogP contribution in [-0.2, 0) is 0 Å².